The zero-order valence-electron chi connectivity index (χ0n) is 9.44. The first-order chi connectivity index (χ1) is 9.34. The number of nitrogens with one attached hydrogen (secondary N) is 1. The highest BCUT2D eigenvalue weighted by atomic mass is 32.1. The fourth-order valence-corrected chi connectivity index (χ4v) is 2.89. The molecule has 0 spiro atoms. The molecular weight excluding hydrogens is 264 g/mol. The van der Waals surface area contributed by atoms with Gasteiger partial charge in [-0.05, 0) is 17.3 Å². The molecule has 0 amide bonds. The monoisotopic (exact) mass is 270 g/mol. The van der Waals surface area contributed by atoms with Crippen LogP contribution in [0.2, 0.25) is 0 Å². The van der Waals surface area contributed by atoms with Crippen molar-refractivity contribution in [2.75, 3.05) is 0 Å². The first-order valence-corrected chi connectivity index (χ1v) is 6.35. The van der Waals surface area contributed by atoms with Gasteiger partial charge in [0.1, 0.15) is 15.9 Å². The van der Waals surface area contributed by atoms with Crippen LogP contribution < -0.4 is 5.56 Å². The number of aromatic nitrogens is 6. The van der Waals surface area contributed by atoms with Gasteiger partial charge in [0.2, 0.25) is 5.82 Å². The third-order valence-electron chi connectivity index (χ3n) is 2.83. The van der Waals surface area contributed by atoms with Gasteiger partial charge in [0.05, 0.1) is 5.56 Å². The van der Waals surface area contributed by atoms with Crippen LogP contribution in [0.15, 0.2) is 34.6 Å². The SMILES string of the molecule is O=c1c2scc(-c3nn[nH]n3)c2nc2ccccn12. The van der Waals surface area contributed by atoms with E-state index in [9.17, 15) is 4.79 Å². The number of nitrogens with zero attached hydrogens (tertiary/aromatic N) is 5. The standard InChI is InChI=1S/C11H6N6OS/c18-11-9-8(12-7-3-1-2-4-17(7)11)6(5-19-9)10-13-15-16-14-10/h1-5H,(H,13,14,15,16). The van der Waals surface area contributed by atoms with Crippen molar-refractivity contribution in [1.82, 2.24) is 30.0 Å². The number of H-pyrrole nitrogens is 1. The predicted octanol–water partition coefficient (Wildman–Crippen LogP) is 1.09. The molecule has 0 aliphatic carbocycles. The zero-order chi connectivity index (χ0) is 12.8. The van der Waals surface area contributed by atoms with E-state index in [0.717, 1.165) is 5.56 Å². The van der Waals surface area contributed by atoms with Crippen molar-refractivity contribution in [2.24, 2.45) is 0 Å². The van der Waals surface area contributed by atoms with Crippen molar-refractivity contribution < 1.29 is 0 Å². The molecule has 1 N–H and O–H groups in total. The Balaban J connectivity index is 2.18. The normalized spacial score (nSPS) is 11.4. The van der Waals surface area contributed by atoms with Crippen LogP contribution in [0.5, 0.6) is 0 Å². The minimum Gasteiger partial charge on any atom is -0.267 e. The summed E-state index contributed by atoms with van der Waals surface area (Å²) in [6, 6.07) is 5.43. The lowest BCUT2D eigenvalue weighted by Gasteiger charge is -1.99. The second-order valence-corrected chi connectivity index (χ2v) is 4.79. The van der Waals surface area contributed by atoms with E-state index in [1.54, 1.807) is 18.3 Å². The summed E-state index contributed by atoms with van der Waals surface area (Å²) in [4.78, 5) is 16.8. The average molecular weight is 270 g/mol. The molecule has 0 fully saturated rings. The van der Waals surface area contributed by atoms with E-state index >= 15 is 0 Å². The molecule has 0 bridgehead atoms. The Bertz CT molecular complexity index is 939. The summed E-state index contributed by atoms with van der Waals surface area (Å²) in [6.07, 6.45) is 1.71. The van der Waals surface area contributed by atoms with E-state index in [2.05, 4.69) is 25.6 Å². The van der Waals surface area contributed by atoms with Crippen LogP contribution in [0, 0.1) is 0 Å². The van der Waals surface area contributed by atoms with Gasteiger partial charge in [-0.2, -0.15) is 5.21 Å². The largest absolute Gasteiger partial charge is 0.275 e. The fraction of sp³-hybridized carbons (Fsp3) is 0. The molecular formula is C11H6N6OS. The summed E-state index contributed by atoms with van der Waals surface area (Å²) in [6.45, 7) is 0. The summed E-state index contributed by atoms with van der Waals surface area (Å²) in [5.74, 6) is 0.443. The number of pyridine rings is 1. The van der Waals surface area contributed by atoms with Crippen LogP contribution in [0.1, 0.15) is 0 Å². The summed E-state index contributed by atoms with van der Waals surface area (Å²) < 4.78 is 2.11. The zero-order valence-corrected chi connectivity index (χ0v) is 10.3. The summed E-state index contributed by atoms with van der Waals surface area (Å²) >= 11 is 1.34. The summed E-state index contributed by atoms with van der Waals surface area (Å²) in [5.41, 5.74) is 1.85. The van der Waals surface area contributed by atoms with Crippen molar-refractivity contribution in [3.8, 4) is 11.4 Å². The summed E-state index contributed by atoms with van der Waals surface area (Å²) in [7, 11) is 0. The molecule has 92 valence electrons. The van der Waals surface area contributed by atoms with E-state index in [-0.39, 0.29) is 5.56 Å². The maximum atomic E-state index is 12.3. The molecule has 0 saturated carbocycles. The highest BCUT2D eigenvalue weighted by molar-refractivity contribution is 7.17. The van der Waals surface area contributed by atoms with Gasteiger partial charge in [-0.15, -0.1) is 21.5 Å². The van der Waals surface area contributed by atoms with Crippen LogP contribution in [0.4, 0.5) is 0 Å². The molecule has 19 heavy (non-hydrogen) atoms. The second-order valence-electron chi connectivity index (χ2n) is 3.91. The molecule has 0 unspecified atom stereocenters. The van der Waals surface area contributed by atoms with Gasteiger partial charge >= 0.3 is 0 Å². The fourth-order valence-electron chi connectivity index (χ4n) is 1.97. The second kappa shape index (κ2) is 3.69. The average Bonchev–Trinajstić information content (AvgIpc) is 3.07. The molecule has 4 rings (SSSR count). The number of rotatable bonds is 1. The Hall–Kier alpha value is -2.61. The first kappa shape index (κ1) is 10.3. The lowest BCUT2D eigenvalue weighted by Crippen LogP contribution is -2.13. The van der Waals surface area contributed by atoms with Gasteiger partial charge < -0.3 is 0 Å². The van der Waals surface area contributed by atoms with Gasteiger partial charge in [0.15, 0.2) is 0 Å². The number of hydrogen-bond donors (Lipinski definition) is 1. The highest BCUT2D eigenvalue weighted by Crippen LogP contribution is 2.28. The van der Waals surface area contributed by atoms with E-state index in [1.807, 2.05) is 11.4 Å². The Kier molecular flexibility index (Phi) is 2.00. The van der Waals surface area contributed by atoms with Gasteiger partial charge in [-0.25, -0.2) is 4.98 Å². The molecule has 4 heterocycles. The molecule has 0 saturated heterocycles. The Labute approximate surface area is 109 Å². The molecule has 0 radical (unpaired) electrons. The minimum absolute atomic E-state index is 0.0830. The molecule has 0 aromatic carbocycles. The van der Waals surface area contributed by atoms with Crippen LogP contribution in [-0.2, 0) is 0 Å². The summed E-state index contributed by atoms with van der Waals surface area (Å²) in [5, 5.41) is 15.6. The van der Waals surface area contributed by atoms with Crippen molar-refractivity contribution in [3.63, 3.8) is 0 Å². The maximum absolute atomic E-state index is 12.3. The van der Waals surface area contributed by atoms with Crippen molar-refractivity contribution in [3.05, 3.63) is 40.1 Å². The Morgan fingerprint density at radius 2 is 2.26 bits per heavy atom. The van der Waals surface area contributed by atoms with Gasteiger partial charge in [0, 0.05) is 11.6 Å². The molecule has 4 aromatic heterocycles. The molecule has 0 atom stereocenters. The van der Waals surface area contributed by atoms with E-state index in [4.69, 9.17) is 0 Å². The van der Waals surface area contributed by atoms with Crippen LogP contribution >= 0.6 is 11.3 Å². The first-order valence-electron chi connectivity index (χ1n) is 5.47. The lowest BCUT2D eigenvalue weighted by atomic mass is 10.2. The number of fused-ring (bicyclic) bond motifs is 2. The minimum atomic E-state index is -0.0830. The van der Waals surface area contributed by atoms with Crippen molar-refractivity contribution in [1.29, 1.82) is 0 Å². The van der Waals surface area contributed by atoms with E-state index in [1.165, 1.54) is 15.7 Å². The van der Waals surface area contributed by atoms with Gasteiger partial charge in [-0.1, -0.05) is 6.07 Å². The smallest absolute Gasteiger partial charge is 0.267 e. The van der Waals surface area contributed by atoms with Crippen LogP contribution in [-0.4, -0.2) is 30.0 Å². The third kappa shape index (κ3) is 1.40. The van der Waals surface area contributed by atoms with Gasteiger partial charge in [-0.3, -0.25) is 9.20 Å². The molecule has 4 aromatic rings. The maximum Gasteiger partial charge on any atom is 0.275 e. The number of thiophene rings is 1. The Morgan fingerprint density at radius 1 is 1.32 bits per heavy atom. The third-order valence-corrected chi connectivity index (χ3v) is 3.79. The number of aromatic amines is 1. The molecule has 0 aliphatic rings. The number of hydrogen-bond acceptors (Lipinski definition) is 6. The quantitative estimate of drug-likeness (QED) is 0.559. The van der Waals surface area contributed by atoms with Gasteiger partial charge in [0.25, 0.3) is 5.56 Å². The number of tetrazole rings is 1. The van der Waals surface area contributed by atoms with Crippen LogP contribution in [0.25, 0.3) is 27.3 Å². The predicted molar refractivity (Wildman–Crippen MR) is 70.0 cm³/mol. The van der Waals surface area contributed by atoms with E-state index < -0.39 is 0 Å². The lowest BCUT2D eigenvalue weighted by molar-refractivity contribution is 0.881. The highest BCUT2D eigenvalue weighted by Gasteiger charge is 2.15. The van der Waals surface area contributed by atoms with Crippen LogP contribution in [0.3, 0.4) is 0 Å². The molecule has 8 heteroatoms. The molecule has 7 nitrogen and oxygen atoms in total. The topological polar surface area (TPSA) is 88.8 Å². The molecule has 0 aliphatic heterocycles. The van der Waals surface area contributed by atoms with Crippen molar-refractivity contribution in [2.45, 2.75) is 0 Å². The van der Waals surface area contributed by atoms with E-state index in [0.29, 0.717) is 21.7 Å². The Morgan fingerprint density at radius 3 is 3.11 bits per heavy atom. The van der Waals surface area contributed by atoms with Crippen molar-refractivity contribution >= 4 is 27.2 Å².